The number of hydrogen-bond donors (Lipinski definition) is 1. The molecule has 0 aliphatic carbocycles. The quantitative estimate of drug-likeness (QED) is 0.357. The van der Waals surface area contributed by atoms with E-state index in [2.05, 4.69) is 5.32 Å². The van der Waals surface area contributed by atoms with Crippen LogP contribution in [0.2, 0.25) is 5.02 Å². The summed E-state index contributed by atoms with van der Waals surface area (Å²) in [5, 5.41) is 3.46. The van der Waals surface area contributed by atoms with Crippen LogP contribution in [-0.2, 0) is 14.3 Å². The fourth-order valence-corrected chi connectivity index (χ4v) is 5.58. The number of benzene rings is 2. The Morgan fingerprint density at radius 1 is 1.13 bits per heavy atom. The third kappa shape index (κ3) is 5.37. The molecule has 7 nitrogen and oxygen atoms in total. The van der Waals surface area contributed by atoms with Gasteiger partial charge in [0.2, 0.25) is 5.91 Å². The van der Waals surface area contributed by atoms with Gasteiger partial charge in [0.15, 0.2) is 0 Å². The highest BCUT2D eigenvalue weighted by atomic mass is 35.5. The summed E-state index contributed by atoms with van der Waals surface area (Å²) in [7, 11) is 0. The van der Waals surface area contributed by atoms with Crippen LogP contribution >= 0.6 is 11.6 Å². The molecule has 9 heteroatoms. The average Bonchev–Trinajstić information content (AvgIpc) is 2.89. The number of hydrogen-bond acceptors (Lipinski definition) is 4. The van der Waals surface area contributed by atoms with E-state index in [-0.39, 0.29) is 30.0 Å². The molecule has 38 heavy (non-hydrogen) atoms. The van der Waals surface area contributed by atoms with Crippen LogP contribution in [0.1, 0.15) is 58.6 Å². The maximum atomic E-state index is 14.0. The van der Waals surface area contributed by atoms with Crippen LogP contribution < -0.4 is 10.2 Å². The van der Waals surface area contributed by atoms with E-state index in [0.29, 0.717) is 43.1 Å². The van der Waals surface area contributed by atoms with Gasteiger partial charge in [0, 0.05) is 23.8 Å². The highest BCUT2D eigenvalue weighted by Gasteiger charge is 2.62. The normalized spacial score (nSPS) is 20.2. The molecule has 3 atom stereocenters. The Morgan fingerprint density at radius 3 is 2.37 bits per heavy atom. The maximum Gasteiger partial charge on any atom is 0.329 e. The lowest BCUT2D eigenvalue weighted by Crippen LogP contribution is -2.67. The number of anilines is 1. The Kier molecular flexibility index (Phi) is 8.31. The van der Waals surface area contributed by atoms with Crippen molar-refractivity contribution in [3.05, 3.63) is 64.9 Å². The zero-order chi connectivity index (χ0) is 27.6. The van der Waals surface area contributed by atoms with Gasteiger partial charge in [-0.05, 0) is 68.5 Å². The number of halogens is 2. The Balaban J connectivity index is 1.52. The van der Waals surface area contributed by atoms with Crippen LogP contribution in [0.4, 0.5) is 14.9 Å². The van der Waals surface area contributed by atoms with Crippen molar-refractivity contribution in [1.29, 1.82) is 0 Å². The summed E-state index contributed by atoms with van der Waals surface area (Å²) in [6.45, 7) is 8.12. The monoisotopic (exact) mass is 543 g/mol. The summed E-state index contributed by atoms with van der Waals surface area (Å²) >= 11 is 6.12. The second-order valence-corrected chi connectivity index (χ2v) is 11.0. The molecule has 2 fully saturated rings. The number of piperidine rings is 1. The minimum atomic E-state index is -0.749. The van der Waals surface area contributed by atoms with Crippen molar-refractivity contribution in [1.82, 2.24) is 10.2 Å². The van der Waals surface area contributed by atoms with Gasteiger partial charge in [-0.15, -0.1) is 0 Å². The molecule has 0 aromatic heterocycles. The fourth-order valence-electron chi connectivity index (χ4n) is 5.46. The van der Waals surface area contributed by atoms with Crippen molar-refractivity contribution < 1.29 is 23.5 Å². The van der Waals surface area contributed by atoms with Crippen molar-refractivity contribution in [3.8, 4) is 0 Å². The number of nitrogens with one attached hydrogen (secondary N) is 1. The molecule has 1 spiro atoms. The highest BCUT2D eigenvalue weighted by molar-refractivity contribution is 6.30. The average molecular weight is 544 g/mol. The molecule has 2 heterocycles. The van der Waals surface area contributed by atoms with Gasteiger partial charge in [-0.25, -0.2) is 14.0 Å². The third-order valence-electron chi connectivity index (χ3n) is 7.74. The number of amides is 3. The van der Waals surface area contributed by atoms with E-state index in [1.54, 1.807) is 47.9 Å². The molecule has 3 amide bonds. The number of rotatable bonds is 7. The van der Waals surface area contributed by atoms with Crippen molar-refractivity contribution in [3.63, 3.8) is 0 Å². The van der Waals surface area contributed by atoms with E-state index >= 15 is 0 Å². The molecule has 2 aliphatic heterocycles. The molecule has 2 aliphatic rings. The lowest BCUT2D eigenvalue weighted by atomic mass is 9.62. The number of esters is 1. The second kappa shape index (κ2) is 11.3. The summed E-state index contributed by atoms with van der Waals surface area (Å²) in [4.78, 5) is 42.8. The van der Waals surface area contributed by atoms with E-state index < -0.39 is 23.2 Å². The number of urea groups is 1. The molecule has 0 bridgehead atoms. The van der Waals surface area contributed by atoms with Crippen LogP contribution in [0, 0.1) is 17.2 Å². The second-order valence-electron chi connectivity index (χ2n) is 10.6. The van der Waals surface area contributed by atoms with Crippen molar-refractivity contribution >= 4 is 35.2 Å². The largest absolute Gasteiger partial charge is 0.461 e. The zero-order valence-electron chi connectivity index (χ0n) is 22.2. The van der Waals surface area contributed by atoms with E-state index in [1.165, 1.54) is 12.1 Å². The first-order chi connectivity index (χ1) is 18.1. The molecule has 1 N–H and O–H groups in total. The summed E-state index contributed by atoms with van der Waals surface area (Å²) in [5.74, 6) is -1.03. The number of β-lactam (4-membered cyclic amide) rings is 1. The lowest BCUT2D eigenvalue weighted by Gasteiger charge is -2.59. The predicted octanol–water partition coefficient (Wildman–Crippen LogP) is 5.73. The molecule has 4 rings (SSSR count). The molecule has 1 unspecified atom stereocenters. The molecule has 0 saturated carbocycles. The Labute approximate surface area is 228 Å². The Hall–Kier alpha value is -3.13. The van der Waals surface area contributed by atoms with Gasteiger partial charge in [0.25, 0.3) is 0 Å². The highest BCUT2D eigenvalue weighted by Crippen LogP contribution is 2.57. The fraction of sp³-hybridized carbons (Fsp3) is 0.483. The van der Waals surface area contributed by atoms with E-state index in [4.69, 9.17) is 16.3 Å². The Morgan fingerprint density at radius 2 is 1.79 bits per heavy atom. The first kappa shape index (κ1) is 27.9. The lowest BCUT2D eigenvalue weighted by molar-refractivity contribution is -0.151. The van der Waals surface area contributed by atoms with Gasteiger partial charge < -0.3 is 19.9 Å². The predicted molar refractivity (Wildman–Crippen MR) is 144 cm³/mol. The topological polar surface area (TPSA) is 79.0 Å². The van der Waals surface area contributed by atoms with E-state index in [0.717, 1.165) is 5.56 Å². The van der Waals surface area contributed by atoms with Gasteiger partial charge in [-0.3, -0.25) is 4.79 Å². The number of carbonyl (C=O) groups excluding carboxylic acids is 3. The van der Waals surface area contributed by atoms with Gasteiger partial charge in [-0.2, -0.15) is 0 Å². The molecule has 204 valence electrons. The summed E-state index contributed by atoms with van der Waals surface area (Å²) in [6, 6.07) is 12.0. The van der Waals surface area contributed by atoms with E-state index in [9.17, 15) is 18.8 Å². The van der Waals surface area contributed by atoms with Gasteiger partial charge >= 0.3 is 12.0 Å². The summed E-state index contributed by atoms with van der Waals surface area (Å²) < 4.78 is 19.4. The molecule has 2 aromatic carbocycles. The van der Waals surface area contributed by atoms with Crippen LogP contribution in [-0.4, -0.2) is 48.0 Å². The van der Waals surface area contributed by atoms with Gasteiger partial charge in [-0.1, -0.05) is 50.1 Å². The van der Waals surface area contributed by atoms with Crippen LogP contribution in [0.3, 0.4) is 0 Å². The standard InChI is InChI=1S/C29H35ClFN3O4/c1-5-19(4)24(26(35)38-18(2)3)32-28(37)33-15-13-29(14-16-33)25(20-9-11-21(30)12-10-20)34(27(29)36)23-8-6-7-22(31)17-23/h6-12,17-19,24-25H,5,13-16H2,1-4H3,(H,32,37)/t19-,24-,25?/m1/s1. The molecular formula is C29H35ClFN3O4. The van der Waals surface area contributed by atoms with Crippen molar-refractivity contribution in [2.45, 2.75) is 65.1 Å². The smallest absolute Gasteiger partial charge is 0.329 e. The SMILES string of the molecule is CC[C@@H](C)[C@@H](NC(=O)N1CCC2(CC1)C(=O)N(c1cccc(F)c1)C2c1ccc(Cl)cc1)C(=O)OC(C)C. The Bertz CT molecular complexity index is 1180. The number of likely N-dealkylation sites (tertiary alicyclic amines) is 1. The van der Waals surface area contributed by atoms with Gasteiger partial charge in [0.1, 0.15) is 11.9 Å². The zero-order valence-corrected chi connectivity index (χ0v) is 23.0. The minimum absolute atomic E-state index is 0.0823. The molecule has 0 radical (unpaired) electrons. The van der Waals surface area contributed by atoms with Crippen molar-refractivity contribution in [2.24, 2.45) is 11.3 Å². The number of nitrogens with zero attached hydrogens (tertiary/aromatic N) is 2. The summed E-state index contributed by atoms with van der Waals surface area (Å²) in [5.41, 5.74) is 0.689. The van der Waals surface area contributed by atoms with E-state index in [1.807, 2.05) is 26.0 Å². The van der Waals surface area contributed by atoms with Crippen molar-refractivity contribution in [2.75, 3.05) is 18.0 Å². The van der Waals surface area contributed by atoms with Crippen LogP contribution in [0.15, 0.2) is 48.5 Å². The molecule has 2 saturated heterocycles. The molecule has 2 aromatic rings. The first-order valence-electron chi connectivity index (χ1n) is 13.2. The third-order valence-corrected chi connectivity index (χ3v) is 7.99. The number of carbonyl (C=O) groups is 3. The maximum absolute atomic E-state index is 14.0. The number of ether oxygens (including phenoxy) is 1. The van der Waals surface area contributed by atoms with Crippen LogP contribution in [0.5, 0.6) is 0 Å². The summed E-state index contributed by atoms with van der Waals surface area (Å²) in [6.07, 6.45) is 1.32. The molecular weight excluding hydrogens is 509 g/mol. The van der Waals surface area contributed by atoms with Gasteiger partial charge in [0.05, 0.1) is 17.6 Å². The minimum Gasteiger partial charge on any atom is -0.461 e. The first-order valence-corrected chi connectivity index (χ1v) is 13.6. The van der Waals surface area contributed by atoms with Crippen LogP contribution in [0.25, 0.3) is 0 Å².